The summed E-state index contributed by atoms with van der Waals surface area (Å²) in [6.07, 6.45) is -0.800. The van der Waals surface area contributed by atoms with Crippen LogP contribution in [-0.2, 0) is 24.4 Å². The van der Waals surface area contributed by atoms with E-state index in [2.05, 4.69) is 0 Å². The molecule has 0 bridgehead atoms. The van der Waals surface area contributed by atoms with E-state index in [-0.39, 0.29) is 11.4 Å². The molecule has 5 rings (SSSR count). The third kappa shape index (κ3) is 3.63. The van der Waals surface area contributed by atoms with Gasteiger partial charge >= 0.3 is 5.97 Å². The minimum absolute atomic E-state index is 0.145. The lowest BCUT2D eigenvalue weighted by Crippen LogP contribution is -2.54. The second-order valence-corrected chi connectivity index (χ2v) is 11.2. The number of benzene rings is 3. The number of esters is 1. The number of hydroxylamine groups is 2. The molecule has 3 atom stereocenters. The van der Waals surface area contributed by atoms with Crippen LogP contribution in [0.15, 0.2) is 77.7 Å². The first-order chi connectivity index (χ1) is 16.7. The second-order valence-electron chi connectivity index (χ2n) is 8.90. The highest BCUT2D eigenvalue weighted by Gasteiger charge is 2.66. The van der Waals surface area contributed by atoms with E-state index >= 15 is 0 Å². The van der Waals surface area contributed by atoms with Crippen LogP contribution in [0.3, 0.4) is 0 Å². The van der Waals surface area contributed by atoms with Crippen LogP contribution >= 0.6 is 11.6 Å². The summed E-state index contributed by atoms with van der Waals surface area (Å²) in [6.45, 7) is 1.74. The number of nitrogens with zero attached hydrogens (tertiary/aromatic N) is 2. The van der Waals surface area contributed by atoms with E-state index < -0.39 is 33.6 Å². The van der Waals surface area contributed by atoms with Gasteiger partial charge in [-0.05, 0) is 48.4 Å². The number of carbonyl (C=O) groups excluding carboxylic acids is 1. The second kappa shape index (κ2) is 8.64. The number of methoxy groups -OCH3 is 1. The lowest BCUT2D eigenvalue weighted by Gasteiger charge is -2.45. The average molecular weight is 513 g/mol. The SMILES string of the molecule is COC(=O)[C@]12CN(S(=O)(=O)c3ccc(C)cc3)c3ccccc3[C@H]1N(C)O[C@H]2c1ccc(Cl)cc1. The molecule has 9 heteroatoms. The smallest absolute Gasteiger partial charge is 0.318 e. The summed E-state index contributed by atoms with van der Waals surface area (Å²) < 4.78 is 34.6. The van der Waals surface area contributed by atoms with Crippen molar-refractivity contribution in [3.8, 4) is 0 Å². The van der Waals surface area contributed by atoms with Crippen LogP contribution in [0.1, 0.15) is 28.8 Å². The molecule has 0 saturated carbocycles. The van der Waals surface area contributed by atoms with Crippen molar-refractivity contribution >= 4 is 33.3 Å². The predicted octanol–water partition coefficient (Wildman–Crippen LogP) is 4.68. The molecule has 0 radical (unpaired) electrons. The number of hydrogen-bond acceptors (Lipinski definition) is 6. The van der Waals surface area contributed by atoms with E-state index in [0.717, 1.165) is 5.56 Å². The number of aryl methyl sites for hydroxylation is 1. The maximum atomic E-state index is 14.0. The maximum Gasteiger partial charge on any atom is 0.318 e. The van der Waals surface area contributed by atoms with Gasteiger partial charge in [-0.25, -0.2) is 8.42 Å². The molecular weight excluding hydrogens is 488 g/mol. The van der Waals surface area contributed by atoms with Crippen molar-refractivity contribution in [1.82, 2.24) is 5.06 Å². The van der Waals surface area contributed by atoms with Gasteiger partial charge in [-0.3, -0.25) is 13.9 Å². The Morgan fingerprint density at radius 1 is 1.06 bits per heavy atom. The molecule has 2 aliphatic heterocycles. The first-order valence-corrected chi connectivity index (χ1v) is 12.9. The lowest BCUT2D eigenvalue weighted by atomic mass is 9.69. The van der Waals surface area contributed by atoms with Crippen LogP contribution in [0, 0.1) is 12.3 Å². The van der Waals surface area contributed by atoms with Gasteiger partial charge in [0.05, 0.1) is 30.3 Å². The highest BCUT2D eigenvalue weighted by atomic mass is 35.5. The molecule has 0 unspecified atom stereocenters. The summed E-state index contributed by atoms with van der Waals surface area (Å²) >= 11 is 6.11. The molecule has 182 valence electrons. The minimum Gasteiger partial charge on any atom is -0.468 e. The summed E-state index contributed by atoms with van der Waals surface area (Å²) in [5.74, 6) is -0.551. The van der Waals surface area contributed by atoms with Gasteiger partial charge < -0.3 is 4.74 Å². The number of anilines is 1. The normalized spacial score (nSPS) is 24.1. The molecule has 0 aliphatic carbocycles. The van der Waals surface area contributed by atoms with E-state index in [1.807, 2.05) is 19.1 Å². The summed E-state index contributed by atoms with van der Waals surface area (Å²) in [5.41, 5.74) is 1.44. The highest BCUT2D eigenvalue weighted by Crippen LogP contribution is 2.60. The van der Waals surface area contributed by atoms with Gasteiger partial charge in [-0.2, -0.15) is 5.06 Å². The molecule has 0 N–H and O–H groups in total. The van der Waals surface area contributed by atoms with Crippen molar-refractivity contribution in [3.05, 3.63) is 94.5 Å². The van der Waals surface area contributed by atoms with E-state index in [4.69, 9.17) is 21.2 Å². The standard InChI is InChI=1S/C26H25ClN2O5S/c1-17-8-14-20(15-9-17)35(31,32)29-16-26(25(30)33-3)23(21-6-4-5-7-22(21)29)28(2)34-24(26)18-10-12-19(27)13-11-18/h4-15,23-24H,16H2,1-3H3/t23-,24+,26-/m1/s1. The van der Waals surface area contributed by atoms with Crippen LogP contribution in [-0.4, -0.2) is 40.2 Å². The van der Waals surface area contributed by atoms with Crippen molar-refractivity contribution in [2.24, 2.45) is 5.41 Å². The monoisotopic (exact) mass is 512 g/mol. The predicted molar refractivity (Wildman–Crippen MR) is 132 cm³/mol. The van der Waals surface area contributed by atoms with E-state index in [1.165, 1.54) is 11.4 Å². The zero-order valence-corrected chi connectivity index (χ0v) is 21.1. The number of halogens is 1. The Morgan fingerprint density at radius 3 is 2.37 bits per heavy atom. The molecule has 3 aromatic rings. The van der Waals surface area contributed by atoms with Crippen LogP contribution in [0.25, 0.3) is 0 Å². The number of sulfonamides is 1. The fraction of sp³-hybridized carbons (Fsp3) is 0.269. The molecule has 2 aliphatic rings. The summed E-state index contributed by atoms with van der Waals surface area (Å²) in [6, 6.07) is 20.3. The van der Waals surface area contributed by atoms with Gasteiger partial charge in [0.15, 0.2) is 0 Å². The van der Waals surface area contributed by atoms with Crippen LogP contribution in [0.4, 0.5) is 5.69 Å². The number of hydrogen-bond donors (Lipinski definition) is 0. The maximum absolute atomic E-state index is 14.0. The molecule has 2 heterocycles. The molecule has 7 nitrogen and oxygen atoms in total. The fourth-order valence-corrected chi connectivity index (χ4v) is 6.89. The van der Waals surface area contributed by atoms with Gasteiger partial charge in [0, 0.05) is 12.1 Å². The molecular formula is C26H25ClN2O5S. The summed E-state index contributed by atoms with van der Waals surface area (Å²) in [7, 11) is -0.951. The Hall–Kier alpha value is -2.91. The van der Waals surface area contributed by atoms with Crippen LogP contribution in [0.5, 0.6) is 0 Å². The number of carbonyl (C=O) groups is 1. The summed E-state index contributed by atoms with van der Waals surface area (Å²) in [5, 5.41) is 2.17. The molecule has 0 aromatic heterocycles. The summed E-state index contributed by atoms with van der Waals surface area (Å²) in [4.78, 5) is 20.1. The number of rotatable bonds is 4. The molecule has 35 heavy (non-hydrogen) atoms. The molecule has 3 aromatic carbocycles. The van der Waals surface area contributed by atoms with Gasteiger partial charge in [0.25, 0.3) is 10.0 Å². The van der Waals surface area contributed by atoms with Crippen LogP contribution < -0.4 is 4.31 Å². The largest absolute Gasteiger partial charge is 0.468 e. The minimum atomic E-state index is -4.01. The lowest BCUT2D eigenvalue weighted by molar-refractivity contribution is -0.160. The Balaban J connectivity index is 1.75. The van der Waals surface area contributed by atoms with Crippen molar-refractivity contribution in [2.75, 3.05) is 25.0 Å². The first kappa shape index (κ1) is 23.8. The van der Waals surface area contributed by atoms with Crippen molar-refractivity contribution in [1.29, 1.82) is 0 Å². The van der Waals surface area contributed by atoms with E-state index in [9.17, 15) is 13.2 Å². The molecule has 0 amide bonds. The highest BCUT2D eigenvalue weighted by molar-refractivity contribution is 7.92. The van der Waals surface area contributed by atoms with Crippen molar-refractivity contribution in [2.45, 2.75) is 24.0 Å². The van der Waals surface area contributed by atoms with Crippen LogP contribution in [0.2, 0.25) is 5.02 Å². The van der Waals surface area contributed by atoms with Crippen molar-refractivity contribution in [3.63, 3.8) is 0 Å². The fourth-order valence-electron chi connectivity index (χ4n) is 5.22. The van der Waals surface area contributed by atoms with E-state index in [1.54, 1.807) is 72.8 Å². The van der Waals surface area contributed by atoms with Gasteiger partial charge in [-0.1, -0.05) is 59.6 Å². The number of fused-ring (bicyclic) bond motifs is 3. The Bertz CT molecular complexity index is 1380. The quantitative estimate of drug-likeness (QED) is 0.473. The Morgan fingerprint density at radius 2 is 1.71 bits per heavy atom. The topological polar surface area (TPSA) is 76.2 Å². The Kier molecular flexibility index (Phi) is 5.88. The molecule has 0 spiro atoms. The molecule has 1 saturated heterocycles. The average Bonchev–Trinajstić information content (AvgIpc) is 3.17. The number of ether oxygens (including phenoxy) is 1. The van der Waals surface area contributed by atoms with Gasteiger partial charge in [-0.15, -0.1) is 0 Å². The molecule has 1 fully saturated rings. The van der Waals surface area contributed by atoms with Gasteiger partial charge in [0.2, 0.25) is 0 Å². The number of para-hydroxylation sites is 1. The third-order valence-electron chi connectivity index (χ3n) is 6.84. The Labute approximate surface area is 209 Å². The zero-order chi connectivity index (χ0) is 25.0. The zero-order valence-electron chi connectivity index (χ0n) is 19.5. The van der Waals surface area contributed by atoms with Gasteiger partial charge in [0.1, 0.15) is 11.5 Å². The van der Waals surface area contributed by atoms with E-state index in [0.29, 0.717) is 21.8 Å². The third-order valence-corrected chi connectivity index (χ3v) is 8.87. The van der Waals surface area contributed by atoms with Crippen molar-refractivity contribution < 1.29 is 22.8 Å². The first-order valence-electron chi connectivity index (χ1n) is 11.1.